The van der Waals surface area contributed by atoms with Crippen molar-refractivity contribution in [3.63, 3.8) is 0 Å². The molecule has 0 spiro atoms. The van der Waals surface area contributed by atoms with Gasteiger partial charge in [-0.15, -0.1) is 11.3 Å². The van der Waals surface area contributed by atoms with Crippen molar-refractivity contribution in [2.75, 3.05) is 6.54 Å². The minimum atomic E-state index is -0.684. The number of carbonyl (C=O) groups is 2. The number of amides is 2. The van der Waals surface area contributed by atoms with Crippen molar-refractivity contribution in [2.24, 2.45) is 0 Å². The quantitative estimate of drug-likeness (QED) is 0.0950. The molecule has 0 aliphatic heterocycles. The molecule has 9 nitrogen and oxygen atoms in total. The van der Waals surface area contributed by atoms with Crippen LogP contribution >= 0.6 is 11.3 Å². The minimum Gasteiger partial charge on any atom is -0.348 e. The van der Waals surface area contributed by atoms with Gasteiger partial charge in [0.15, 0.2) is 0 Å². The number of aromatic nitrogens is 3. The molecule has 5 N–H and O–H groups in total. The second-order valence-electron chi connectivity index (χ2n) is 11.3. The van der Waals surface area contributed by atoms with Gasteiger partial charge < -0.3 is 26.3 Å². The van der Waals surface area contributed by atoms with Gasteiger partial charge in [0.25, 0.3) is 5.91 Å². The van der Waals surface area contributed by atoms with Crippen LogP contribution < -0.4 is 21.3 Å². The Morgan fingerprint density at radius 3 is 2.56 bits per heavy atom. The van der Waals surface area contributed by atoms with E-state index in [9.17, 15) is 9.59 Å². The van der Waals surface area contributed by atoms with E-state index in [2.05, 4.69) is 54.4 Å². The first kappa shape index (κ1) is 32.0. The Morgan fingerprint density at radius 1 is 0.889 bits per heavy atom. The molecule has 0 aliphatic carbocycles. The normalized spacial score (nSPS) is 13.3. The van der Waals surface area contributed by atoms with Gasteiger partial charge in [-0.3, -0.25) is 14.6 Å². The Bertz CT molecular complexity index is 1700. The third-order valence-electron chi connectivity index (χ3n) is 7.92. The van der Waals surface area contributed by atoms with Gasteiger partial charge in [-0.05, 0) is 80.3 Å². The lowest BCUT2D eigenvalue weighted by molar-refractivity contribution is -0.123. The van der Waals surface area contributed by atoms with E-state index in [1.165, 1.54) is 11.3 Å². The monoisotopic (exact) mass is 623 g/mol. The Kier molecular flexibility index (Phi) is 11.1. The first-order valence-electron chi connectivity index (χ1n) is 15.4. The van der Waals surface area contributed by atoms with Crippen molar-refractivity contribution in [3.8, 4) is 0 Å². The number of hydrogen-bond donors (Lipinski definition) is 5. The first-order valence-corrected chi connectivity index (χ1v) is 16.2. The molecule has 10 heteroatoms. The lowest BCUT2D eigenvalue weighted by Gasteiger charge is -2.22. The summed E-state index contributed by atoms with van der Waals surface area (Å²) >= 11 is 1.42. The fourth-order valence-electron chi connectivity index (χ4n) is 5.32. The van der Waals surface area contributed by atoms with Gasteiger partial charge in [0.05, 0.1) is 22.7 Å². The molecule has 5 rings (SSSR count). The molecule has 0 saturated heterocycles. The number of rotatable bonds is 15. The summed E-state index contributed by atoms with van der Waals surface area (Å²) < 4.78 is 0. The Labute approximate surface area is 268 Å². The number of pyridine rings is 1. The summed E-state index contributed by atoms with van der Waals surface area (Å²) in [6, 6.07) is 21.1. The highest BCUT2D eigenvalue weighted by molar-refractivity contribution is 7.14. The molecule has 3 aromatic heterocycles. The molecule has 234 valence electrons. The molecule has 0 radical (unpaired) electrons. The maximum absolute atomic E-state index is 13.7. The zero-order valence-electron chi connectivity index (χ0n) is 26.0. The molecule has 0 fully saturated rings. The largest absolute Gasteiger partial charge is 0.348 e. The Hall–Kier alpha value is -4.38. The highest BCUT2D eigenvalue weighted by Crippen LogP contribution is 2.24. The van der Waals surface area contributed by atoms with Crippen LogP contribution in [0.2, 0.25) is 0 Å². The molecule has 5 aromatic rings. The van der Waals surface area contributed by atoms with Gasteiger partial charge in [-0.2, -0.15) is 0 Å². The summed E-state index contributed by atoms with van der Waals surface area (Å²) in [4.78, 5) is 40.5. The summed E-state index contributed by atoms with van der Waals surface area (Å²) in [5.74, 6) is 0.413. The first-order chi connectivity index (χ1) is 21.9. The van der Waals surface area contributed by atoms with Crippen LogP contribution in [0, 0.1) is 6.92 Å². The molecule has 45 heavy (non-hydrogen) atoms. The van der Waals surface area contributed by atoms with Crippen LogP contribution in [0.25, 0.3) is 10.8 Å². The number of aromatic amines is 1. The zero-order chi connectivity index (χ0) is 31.6. The number of hydrogen-bond acceptors (Lipinski definition) is 7. The van der Waals surface area contributed by atoms with Crippen LogP contribution in [0.5, 0.6) is 0 Å². The van der Waals surface area contributed by atoms with E-state index in [-0.39, 0.29) is 23.9 Å². The lowest BCUT2D eigenvalue weighted by Crippen LogP contribution is -2.47. The number of imidazole rings is 1. The minimum absolute atomic E-state index is 0.0476. The third kappa shape index (κ3) is 8.63. The number of thiophene rings is 1. The molecule has 0 bridgehead atoms. The highest BCUT2D eigenvalue weighted by Gasteiger charge is 2.24. The van der Waals surface area contributed by atoms with Gasteiger partial charge in [0.1, 0.15) is 11.9 Å². The van der Waals surface area contributed by atoms with Gasteiger partial charge in [-0.25, -0.2) is 4.98 Å². The predicted molar refractivity (Wildman–Crippen MR) is 180 cm³/mol. The number of fused-ring (bicyclic) bond motifs is 1. The lowest BCUT2D eigenvalue weighted by atomic mass is 9.99. The summed E-state index contributed by atoms with van der Waals surface area (Å²) in [6.07, 6.45) is 6.52. The van der Waals surface area contributed by atoms with E-state index in [0.717, 1.165) is 38.3 Å². The number of H-pyrrole nitrogens is 1. The molecular formula is C35H41N7O2S. The van der Waals surface area contributed by atoms with Gasteiger partial charge in [0, 0.05) is 36.6 Å². The van der Waals surface area contributed by atoms with E-state index in [4.69, 9.17) is 0 Å². The molecule has 0 aliphatic rings. The highest BCUT2D eigenvalue weighted by atomic mass is 32.1. The maximum Gasteiger partial charge on any atom is 0.262 e. The fourth-order valence-corrected chi connectivity index (χ4v) is 6.18. The van der Waals surface area contributed by atoms with Gasteiger partial charge in [-0.1, -0.05) is 48.5 Å². The number of aryl methyl sites for hydroxylation is 1. The number of nitrogens with zero attached hydrogens (tertiary/aromatic N) is 2. The van der Waals surface area contributed by atoms with Gasteiger partial charge in [0.2, 0.25) is 5.91 Å². The number of nitrogens with one attached hydrogen (secondary N) is 5. The van der Waals surface area contributed by atoms with E-state index in [0.29, 0.717) is 37.4 Å². The van der Waals surface area contributed by atoms with E-state index in [1.807, 2.05) is 69.3 Å². The molecule has 1 unspecified atom stereocenters. The van der Waals surface area contributed by atoms with Crippen molar-refractivity contribution in [1.29, 1.82) is 0 Å². The molecule has 3 atom stereocenters. The second-order valence-corrected chi connectivity index (χ2v) is 12.4. The third-order valence-corrected chi connectivity index (χ3v) is 9.01. The van der Waals surface area contributed by atoms with Crippen LogP contribution in [0.4, 0.5) is 0 Å². The Balaban J connectivity index is 1.22. The summed E-state index contributed by atoms with van der Waals surface area (Å²) in [5.41, 5.74) is 3.18. The van der Waals surface area contributed by atoms with E-state index in [1.54, 1.807) is 18.6 Å². The molecular weight excluding hydrogens is 582 g/mol. The van der Waals surface area contributed by atoms with Crippen LogP contribution in [0.3, 0.4) is 0 Å². The van der Waals surface area contributed by atoms with Crippen LogP contribution in [0.15, 0.2) is 85.3 Å². The van der Waals surface area contributed by atoms with Crippen LogP contribution in [-0.4, -0.2) is 39.4 Å². The van der Waals surface area contributed by atoms with Crippen molar-refractivity contribution >= 4 is 33.9 Å². The Morgan fingerprint density at radius 2 is 1.73 bits per heavy atom. The van der Waals surface area contributed by atoms with Crippen LogP contribution in [-0.2, 0) is 17.9 Å². The van der Waals surface area contributed by atoms with Crippen molar-refractivity contribution in [2.45, 2.75) is 64.8 Å². The van der Waals surface area contributed by atoms with E-state index < -0.39 is 6.04 Å². The van der Waals surface area contributed by atoms with Crippen LogP contribution in [0.1, 0.15) is 76.0 Å². The topological polar surface area (TPSA) is 124 Å². The number of benzene rings is 2. The van der Waals surface area contributed by atoms with Gasteiger partial charge >= 0.3 is 0 Å². The smallest absolute Gasteiger partial charge is 0.262 e. The molecule has 3 heterocycles. The summed E-state index contributed by atoms with van der Waals surface area (Å²) in [5, 5.41) is 15.3. The average molecular weight is 624 g/mol. The molecule has 2 amide bonds. The average Bonchev–Trinajstić information content (AvgIpc) is 3.77. The predicted octanol–water partition coefficient (Wildman–Crippen LogP) is 5.72. The molecule has 2 aromatic carbocycles. The van der Waals surface area contributed by atoms with Crippen molar-refractivity contribution in [1.82, 2.24) is 36.2 Å². The standard InChI is InChI=1S/C35H41N7O2S/c1-23-9-7-18-37-31(23)22-36-17-8-14-30(34(43)41-24(2)28-13-6-11-26-10-4-5-12-29(26)28)42-35(44)32-16-15-27(45-32)21-40-25(3)33-38-19-20-39-33/h4-7,9-13,15-16,18-20,24-25,30,36,40H,8,14,17,21-22H2,1-3H3,(H,38,39)(H,41,43)(H,42,44)/t24-,25?,30-/m0/s1. The number of carbonyl (C=O) groups excluding carboxylic acids is 2. The van der Waals surface area contributed by atoms with E-state index >= 15 is 0 Å². The maximum atomic E-state index is 13.7. The second kappa shape index (κ2) is 15.6. The summed E-state index contributed by atoms with van der Waals surface area (Å²) in [6.45, 7) is 8.01. The molecule has 0 saturated carbocycles. The zero-order valence-corrected chi connectivity index (χ0v) is 26.8. The SMILES string of the molecule is Cc1cccnc1CNCCC[C@H](NC(=O)c1ccc(CNC(C)c2ncc[nH]2)s1)C(=O)N[C@@H](C)c1cccc2ccccc12. The van der Waals surface area contributed by atoms with Crippen molar-refractivity contribution in [3.05, 3.63) is 118 Å². The van der Waals surface area contributed by atoms with Crippen molar-refractivity contribution < 1.29 is 9.59 Å². The fraction of sp³-hybridized carbons (Fsp3) is 0.314. The summed E-state index contributed by atoms with van der Waals surface area (Å²) in [7, 11) is 0.